The second-order valence-corrected chi connectivity index (χ2v) is 8.57. The first-order valence-corrected chi connectivity index (χ1v) is 9.98. The molecule has 0 amide bonds. The topological polar surface area (TPSA) is 58.2 Å². The number of nitrogens with one attached hydrogen (secondary N) is 2. The van der Waals surface area contributed by atoms with Crippen LogP contribution in [0.15, 0.2) is 23.1 Å². The molecule has 0 unspecified atom stereocenters. The van der Waals surface area contributed by atoms with E-state index < -0.39 is 10.0 Å². The van der Waals surface area contributed by atoms with E-state index in [0.717, 1.165) is 24.8 Å². The monoisotopic (exact) mass is 328 g/mol. The zero-order valence-electron chi connectivity index (χ0n) is 12.9. The van der Waals surface area contributed by atoms with E-state index in [4.69, 9.17) is 0 Å². The predicted octanol–water partition coefficient (Wildman–Crippen LogP) is 2.14. The number of hydrogen-bond acceptors (Lipinski definition) is 4. The fourth-order valence-electron chi connectivity index (χ4n) is 2.37. The molecule has 0 spiro atoms. The Morgan fingerprint density at radius 2 is 2.00 bits per heavy atom. The lowest BCUT2D eigenvalue weighted by molar-refractivity contribution is 0.579. The molecule has 0 radical (unpaired) electrons. The normalized spacial score (nSPS) is 16.9. The summed E-state index contributed by atoms with van der Waals surface area (Å²) in [6.45, 7) is 3.28. The minimum Gasteiger partial charge on any atom is -0.316 e. The van der Waals surface area contributed by atoms with Gasteiger partial charge in [0.2, 0.25) is 10.0 Å². The molecule has 6 heteroatoms. The van der Waals surface area contributed by atoms with E-state index in [-0.39, 0.29) is 4.75 Å². The van der Waals surface area contributed by atoms with Crippen molar-refractivity contribution in [2.45, 2.75) is 42.4 Å². The molecule has 4 nitrogen and oxygen atoms in total. The number of sulfonamides is 1. The minimum absolute atomic E-state index is 0.129. The maximum Gasteiger partial charge on any atom is 0.240 e. The Morgan fingerprint density at radius 1 is 1.29 bits per heavy atom. The molecule has 1 aliphatic rings. The van der Waals surface area contributed by atoms with Gasteiger partial charge in [-0.3, -0.25) is 0 Å². The Labute approximate surface area is 132 Å². The average Bonchev–Trinajstić information content (AvgIpc) is 3.26. The first-order valence-electron chi connectivity index (χ1n) is 7.27. The van der Waals surface area contributed by atoms with Crippen molar-refractivity contribution in [3.05, 3.63) is 29.3 Å². The minimum atomic E-state index is -3.42. The number of hydrogen-bond donors (Lipinski definition) is 2. The summed E-state index contributed by atoms with van der Waals surface area (Å²) in [5.74, 6) is 0. The highest BCUT2D eigenvalue weighted by molar-refractivity contribution is 8.00. The fourth-order valence-corrected chi connectivity index (χ4v) is 4.37. The zero-order valence-corrected chi connectivity index (χ0v) is 14.5. The third kappa shape index (κ3) is 4.00. The number of thioether (sulfide) groups is 1. The molecule has 21 heavy (non-hydrogen) atoms. The van der Waals surface area contributed by atoms with Crippen LogP contribution in [0, 0.1) is 0 Å². The Hall–Kier alpha value is -0.560. The van der Waals surface area contributed by atoms with Gasteiger partial charge in [0.1, 0.15) is 0 Å². The lowest BCUT2D eigenvalue weighted by atomic mass is 10.1. The molecule has 1 fully saturated rings. The number of rotatable bonds is 8. The van der Waals surface area contributed by atoms with E-state index in [2.05, 4.69) is 17.0 Å². The van der Waals surface area contributed by atoms with Crippen molar-refractivity contribution < 1.29 is 8.42 Å². The van der Waals surface area contributed by atoms with Gasteiger partial charge in [0.15, 0.2) is 0 Å². The molecule has 1 saturated carbocycles. The summed E-state index contributed by atoms with van der Waals surface area (Å²) in [7, 11) is -1.55. The van der Waals surface area contributed by atoms with Crippen LogP contribution in [-0.4, -0.2) is 33.0 Å². The first kappa shape index (κ1) is 16.8. The van der Waals surface area contributed by atoms with Crippen LogP contribution < -0.4 is 10.0 Å². The van der Waals surface area contributed by atoms with E-state index in [1.165, 1.54) is 5.56 Å². The van der Waals surface area contributed by atoms with Gasteiger partial charge < -0.3 is 5.32 Å². The van der Waals surface area contributed by atoms with Gasteiger partial charge in [-0.05, 0) is 55.8 Å². The Bertz CT molecular complexity index is 596. The van der Waals surface area contributed by atoms with Crippen molar-refractivity contribution in [3.63, 3.8) is 0 Å². The van der Waals surface area contributed by atoms with E-state index in [1.54, 1.807) is 23.9 Å². The van der Waals surface area contributed by atoms with Crippen molar-refractivity contribution in [2.24, 2.45) is 0 Å². The molecule has 0 saturated heterocycles. The fraction of sp³-hybridized carbons (Fsp3) is 0.600. The maximum atomic E-state index is 12.4. The zero-order chi connectivity index (χ0) is 15.5. The largest absolute Gasteiger partial charge is 0.316 e. The van der Waals surface area contributed by atoms with Crippen LogP contribution in [0.5, 0.6) is 0 Å². The van der Waals surface area contributed by atoms with Crippen LogP contribution >= 0.6 is 11.8 Å². The Morgan fingerprint density at radius 3 is 2.52 bits per heavy atom. The van der Waals surface area contributed by atoms with Crippen LogP contribution in [0.4, 0.5) is 0 Å². The average molecular weight is 329 g/mol. The standard InChI is InChI=1S/C15H24N2O2S2/c1-4-12-5-6-14(9-13(12)10-16-2)21(18,19)17-11-15(20-3)7-8-15/h5-6,9,16-17H,4,7-8,10-11H2,1-3H3. The van der Waals surface area contributed by atoms with Crippen molar-refractivity contribution in [2.75, 3.05) is 19.8 Å². The highest BCUT2D eigenvalue weighted by Crippen LogP contribution is 2.46. The van der Waals surface area contributed by atoms with Gasteiger partial charge in [-0.1, -0.05) is 13.0 Å². The molecule has 1 aliphatic carbocycles. The van der Waals surface area contributed by atoms with Gasteiger partial charge in [0.25, 0.3) is 0 Å². The molecule has 1 aromatic carbocycles. The molecule has 0 atom stereocenters. The SMILES string of the molecule is CCc1ccc(S(=O)(=O)NCC2(SC)CC2)cc1CNC. The molecular weight excluding hydrogens is 304 g/mol. The summed E-state index contributed by atoms with van der Waals surface area (Å²) >= 11 is 1.75. The molecule has 0 aliphatic heterocycles. The molecule has 1 aromatic rings. The van der Waals surface area contributed by atoms with E-state index in [1.807, 2.05) is 19.4 Å². The van der Waals surface area contributed by atoms with Crippen LogP contribution in [-0.2, 0) is 23.0 Å². The predicted molar refractivity (Wildman–Crippen MR) is 89.3 cm³/mol. The number of benzene rings is 1. The van der Waals surface area contributed by atoms with Gasteiger partial charge in [-0.25, -0.2) is 13.1 Å². The second-order valence-electron chi connectivity index (χ2n) is 5.53. The van der Waals surface area contributed by atoms with Crippen molar-refractivity contribution in [1.82, 2.24) is 10.0 Å². The molecule has 0 bridgehead atoms. The van der Waals surface area contributed by atoms with Crippen LogP contribution in [0.2, 0.25) is 0 Å². The highest BCUT2D eigenvalue weighted by atomic mass is 32.2. The summed E-state index contributed by atoms with van der Waals surface area (Å²) in [5.41, 5.74) is 2.24. The summed E-state index contributed by atoms with van der Waals surface area (Å²) in [6.07, 6.45) is 5.13. The molecule has 2 rings (SSSR count). The van der Waals surface area contributed by atoms with E-state index >= 15 is 0 Å². The van der Waals surface area contributed by atoms with Gasteiger partial charge in [-0.15, -0.1) is 0 Å². The summed E-state index contributed by atoms with van der Waals surface area (Å²) in [6, 6.07) is 5.41. The summed E-state index contributed by atoms with van der Waals surface area (Å²) < 4.78 is 27.8. The van der Waals surface area contributed by atoms with Gasteiger partial charge in [0, 0.05) is 17.8 Å². The Balaban J connectivity index is 2.17. The van der Waals surface area contributed by atoms with Crippen LogP contribution in [0.1, 0.15) is 30.9 Å². The molecule has 118 valence electrons. The highest BCUT2D eigenvalue weighted by Gasteiger charge is 2.42. The Kier molecular flexibility index (Phi) is 5.35. The van der Waals surface area contributed by atoms with Crippen molar-refractivity contribution >= 4 is 21.8 Å². The smallest absolute Gasteiger partial charge is 0.240 e. The van der Waals surface area contributed by atoms with Gasteiger partial charge in [0.05, 0.1) is 4.90 Å². The molecule has 0 heterocycles. The van der Waals surface area contributed by atoms with E-state index in [9.17, 15) is 8.42 Å². The molecule has 0 aromatic heterocycles. The molecule has 2 N–H and O–H groups in total. The quantitative estimate of drug-likeness (QED) is 0.768. The van der Waals surface area contributed by atoms with E-state index in [0.29, 0.717) is 18.0 Å². The lowest BCUT2D eigenvalue weighted by Crippen LogP contribution is -2.31. The van der Waals surface area contributed by atoms with Crippen LogP contribution in [0.25, 0.3) is 0 Å². The second kappa shape index (κ2) is 6.69. The van der Waals surface area contributed by atoms with Crippen molar-refractivity contribution in [1.29, 1.82) is 0 Å². The van der Waals surface area contributed by atoms with Crippen LogP contribution in [0.3, 0.4) is 0 Å². The third-order valence-corrected chi connectivity index (χ3v) is 6.88. The number of aryl methyl sites for hydroxylation is 1. The molecular formula is C15H24N2O2S2. The maximum absolute atomic E-state index is 12.4. The lowest BCUT2D eigenvalue weighted by Gasteiger charge is -2.15. The summed E-state index contributed by atoms with van der Waals surface area (Å²) in [5, 5.41) is 3.09. The van der Waals surface area contributed by atoms with Gasteiger partial charge in [-0.2, -0.15) is 11.8 Å². The van der Waals surface area contributed by atoms with Crippen molar-refractivity contribution in [3.8, 4) is 0 Å². The first-order chi connectivity index (χ1) is 9.96. The summed E-state index contributed by atoms with van der Waals surface area (Å²) in [4.78, 5) is 0.363. The third-order valence-electron chi connectivity index (χ3n) is 4.06. The van der Waals surface area contributed by atoms with Gasteiger partial charge >= 0.3 is 0 Å².